The summed E-state index contributed by atoms with van der Waals surface area (Å²) in [5.74, 6) is -0.898. The lowest BCUT2D eigenvalue weighted by Gasteiger charge is -2.19. The lowest BCUT2D eigenvalue weighted by Crippen LogP contribution is -2.29. The van der Waals surface area contributed by atoms with Crippen LogP contribution in [0.1, 0.15) is 219 Å². The molecule has 0 rings (SSSR count). The molecule has 0 aromatic carbocycles. The van der Waals surface area contributed by atoms with Gasteiger partial charge in [-0.3, -0.25) is 18.6 Å². The maximum Gasteiger partial charge on any atom is 0.472 e. The highest BCUT2D eigenvalue weighted by atomic mass is 31.2. The molecule has 0 saturated heterocycles. The topological polar surface area (TPSA) is 134 Å². The number of carbonyl (C=O) groups excluding carboxylic acids is 2. The second kappa shape index (κ2) is 54.0. The fourth-order valence-electron chi connectivity index (χ4n) is 7.19. The fraction of sp³-hybridized carbons (Fsp3) is 0.661. The third-order valence-electron chi connectivity index (χ3n) is 11.2. The molecule has 0 aliphatic carbocycles. The maximum absolute atomic E-state index is 12.6. The molecule has 69 heavy (non-hydrogen) atoms. The van der Waals surface area contributed by atoms with Crippen molar-refractivity contribution in [2.45, 2.75) is 225 Å². The number of unbranched alkanes of at least 4 members (excludes halogenated alkanes) is 19. The van der Waals surface area contributed by atoms with E-state index in [1.807, 2.05) is 6.08 Å². The number of esters is 2. The van der Waals surface area contributed by atoms with Crippen LogP contribution in [0.4, 0.5) is 0 Å². The Bertz CT molecular complexity index is 1490. The van der Waals surface area contributed by atoms with E-state index in [1.54, 1.807) is 0 Å². The Kier molecular flexibility index (Phi) is 51.4. The number of nitrogens with two attached hydrogens (primary N) is 1. The Hall–Kier alpha value is -3.33. The molecule has 0 radical (unpaired) electrons. The Morgan fingerprint density at radius 3 is 1.16 bits per heavy atom. The number of carbonyl (C=O) groups is 2. The van der Waals surface area contributed by atoms with Gasteiger partial charge >= 0.3 is 19.8 Å². The number of ether oxygens (including phenoxy) is 2. The van der Waals surface area contributed by atoms with Gasteiger partial charge in [-0.2, -0.15) is 0 Å². The standard InChI is InChI=1S/C59H100NO8P/c1-3-5-7-9-11-13-15-17-19-21-22-23-24-25-26-27-28-29-30-31-32-33-34-36-37-39-41-43-45-47-49-51-58(61)65-55-57(56-67-69(63,64)66-54-53-60)68-59(62)52-50-48-46-44-42-40-38-35-20-18-16-14-12-10-8-6-4-2/h5-8,11-14,17-20,22-23,38,40,44,46,57H,3-4,9-10,15-16,21,24-37,39,41-43,45,47-56,60H2,1-2H3,(H,63,64)/b7-5-,8-6-,13-11-,14-12-,19-17-,20-18-,23-22-,40-38-,46-44-. The van der Waals surface area contributed by atoms with Crippen LogP contribution in [0.25, 0.3) is 0 Å². The average Bonchev–Trinajstić information content (AvgIpc) is 3.34. The molecule has 9 nitrogen and oxygen atoms in total. The van der Waals surface area contributed by atoms with Gasteiger partial charge in [-0.1, -0.05) is 226 Å². The largest absolute Gasteiger partial charge is 0.472 e. The molecular weight excluding hydrogens is 882 g/mol. The molecule has 0 amide bonds. The average molecular weight is 982 g/mol. The van der Waals surface area contributed by atoms with Crippen LogP contribution in [0.15, 0.2) is 109 Å². The SMILES string of the molecule is CC/C=C\C/C=C\C/C=C\C/C=C\C/C=C\CCCC(=O)OC(COC(=O)CCCCCCCCCCCCCCCCCCCC/C=C\C/C=C\C/C=C\C/C=C\CC)COP(=O)(O)OCCN. The predicted molar refractivity (Wildman–Crippen MR) is 293 cm³/mol. The highest BCUT2D eigenvalue weighted by Crippen LogP contribution is 2.43. The Morgan fingerprint density at radius 2 is 0.768 bits per heavy atom. The monoisotopic (exact) mass is 982 g/mol. The van der Waals surface area contributed by atoms with Crippen molar-refractivity contribution in [2.75, 3.05) is 26.4 Å². The minimum Gasteiger partial charge on any atom is -0.462 e. The molecule has 10 heteroatoms. The van der Waals surface area contributed by atoms with E-state index in [9.17, 15) is 19.0 Å². The Labute approximate surface area is 422 Å². The van der Waals surface area contributed by atoms with Crippen LogP contribution in [0.5, 0.6) is 0 Å². The van der Waals surface area contributed by atoms with Crippen molar-refractivity contribution in [1.82, 2.24) is 0 Å². The van der Waals surface area contributed by atoms with Crippen LogP contribution in [0.2, 0.25) is 0 Å². The zero-order valence-electron chi connectivity index (χ0n) is 43.8. The molecule has 0 aliphatic heterocycles. The van der Waals surface area contributed by atoms with E-state index in [2.05, 4.69) is 117 Å². The first-order valence-corrected chi connectivity index (χ1v) is 28.9. The van der Waals surface area contributed by atoms with Gasteiger partial charge < -0.3 is 20.1 Å². The summed E-state index contributed by atoms with van der Waals surface area (Å²) in [6.07, 6.45) is 73.0. The van der Waals surface area contributed by atoms with Gasteiger partial charge in [-0.15, -0.1) is 0 Å². The van der Waals surface area contributed by atoms with E-state index >= 15 is 0 Å². The molecule has 394 valence electrons. The van der Waals surface area contributed by atoms with E-state index in [4.69, 9.17) is 24.3 Å². The van der Waals surface area contributed by atoms with Crippen LogP contribution < -0.4 is 5.73 Å². The van der Waals surface area contributed by atoms with Gasteiger partial charge in [0.1, 0.15) is 6.61 Å². The van der Waals surface area contributed by atoms with Gasteiger partial charge in [0.05, 0.1) is 13.2 Å². The molecule has 0 aromatic heterocycles. The van der Waals surface area contributed by atoms with Crippen LogP contribution in [-0.4, -0.2) is 49.3 Å². The highest BCUT2D eigenvalue weighted by Gasteiger charge is 2.26. The summed E-state index contributed by atoms with van der Waals surface area (Å²) < 4.78 is 32.9. The minimum absolute atomic E-state index is 0.0400. The number of allylic oxidation sites excluding steroid dienone is 18. The molecule has 0 fully saturated rings. The molecule has 0 aromatic rings. The number of hydrogen-bond acceptors (Lipinski definition) is 8. The van der Waals surface area contributed by atoms with Crippen molar-refractivity contribution in [3.05, 3.63) is 109 Å². The molecule has 0 heterocycles. The molecular formula is C59H100NO8P. The minimum atomic E-state index is -4.41. The van der Waals surface area contributed by atoms with Crippen molar-refractivity contribution in [3.8, 4) is 0 Å². The van der Waals surface area contributed by atoms with E-state index in [1.165, 1.54) is 103 Å². The van der Waals surface area contributed by atoms with Crippen LogP contribution in [0.3, 0.4) is 0 Å². The van der Waals surface area contributed by atoms with Gasteiger partial charge in [0.25, 0.3) is 0 Å². The summed E-state index contributed by atoms with van der Waals surface area (Å²) in [6.45, 7) is 3.45. The fourth-order valence-corrected chi connectivity index (χ4v) is 7.96. The zero-order chi connectivity index (χ0) is 50.2. The molecule has 0 spiro atoms. The molecule has 2 atom stereocenters. The van der Waals surface area contributed by atoms with Gasteiger partial charge in [0.2, 0.25) is 0 Å². The molecule has 0 bridgehead atoms. The van der Waals surface area contributed by atoms with Gasteiger partial charge in [-0.05, 0) is 89.9 Å². The van der Waals surface area contributed by atoms with Crippen molar-refractivity contribution in [1.29, 1.82) is 0 Å². The summed E-state index contributed by atoms with van der Waals surface area (Å²) >= 11 is 0. The zero-order valence-corrected chi connectivity index (χ0v) is 44.6. The number of hydrogen-bond donors (Lipinski definition) is 2. The number of rotatable bonds is 50. The summed E-state index contributed by atoms with van der Waals surface area (Å²) in [7, 11) is -4.41. The van der Waals surface area contributed by atoms with Crippen molar-refractivity contribution >= 4 is 19.8 Å². The third-order valence-corrected chi connectivity index (χ3v) is 12.1. The normalized spacial score (nSPS) is 14.0. The van der Waals surface area contributed by atoms with Crippen LogP contribution in [0, 0.1) is 0 Å². The molecule has 2 unspecified atom stereocenters. The quantitative estimate of drug-likeness (QED) is 0.0264. The van der Waals surface area contributed by atoms with Gasteiger partial charge in [-0.25, -0.2) is 4.57 Å². The van der Waals surface area contributed by atoms with Crippen molar-refractivity contribution in [2.24, 2.45) is 5.73 Å². The summed E-state index contributed by atoms with van der Waals surface area (Å²) in [4.78, 5) is 35.1. The lowest BCUT2D eigenvalue weighted by molar-refractivity contribution is -0.161. The maximum atomic E-state index is 12.6. The third kappa shape index (κ3) is 53.9. The van der Waals surface area contributed by atoms with E-state index in [-0.39, 0.29) is 32.6 Å². The molecule has 0 saturated carbocycles. The highest BCUT2D eigenvalue weighted by molar-refractivity contribution is 7.47. The Balaban J connectivity index is 3.98. The summed E-state index contributed by atoms with van der Waals surface area (Å²) in [5, 5.41) is 0. The van der Waals surface area contributed by atoms with Crippen LogP contribution in [-0.2, 0) is 32.7 Å². The van der Waals surface area contributed by atoms with E-state index < -0.39 is 32.5 Å². The smallest absolute Gasteiger partial charge is 0.462 e. The first-order chi connectivity index (χ1) is 33.8. The molecule has 0 aliphatic rings. The second-order valence-corrected chi connectivity index (χ2v) is 19.1. The first-order valence-electron chi connectivity index (χ1n) is 27.4. The predicted octanol–water partition coefficient (Wildman–Crippen LogP) is 17.1. The van der Waals surface area contributed by atoms with E-state index in [0.717, 1.165) is 77.0 Å². The molecule has 3 N–H and O–H groups in total. The van der Waals surface area contributed by atoms with E-state index in [0.29, 0.717) is 12.8 Å². The second-order valence-electron chi connectivity index (χ2n) is 17.7. The Morgan fingerprint density at radius 1 is 0.435 bits per heavy atom. The summed E-state index contributed by atoms with van der Waals surface area (Å²) in [5.41, 5.74) is 5.37. The first kappa shape index (κ1) is 65.7. The van der Waals surface area contributed by atoms with Gasteiger partial charge in [0.15, 0.2) is 6.10 Å². The number of phosphoric acid groups is 1. The lowest BCUT2D eigenvalue weighted by atomic mass is 10.0. The summed E-state index contributed by atoms with van der Waals surface area (Å²) in [6, 6.07) is 0. The van der Waals surface area contributed by atoms with Gasteiger partial charge in [0, 0.05) is 19.4 Å². The van der Waals surface area contributed by atoms with Crippen LogP contribution >= 0.6 is 7.82 Å². The van der Waals surface area contributed by atoms with Crippen molar-refractivity contribution in [3.63, 3.8) is 0 Å². The number of phosphoric ester groups is 1. The van der Waals surface area contributed by atoms with Crippen molar-refractivity contribution < 1.29 is 37.6 Å².